The number of nitrogens with one attached hydrogen (secondary N) is 1. The summed E-state index contributed by atoms with van der Waals surface area (Å²) >= 11 is 0. The van der Waals surface area contributed by atoms with E-state index in [1.54, 1.807) is 18.3 Å². The van der Waals surface area contributed by atoms with Gasteiger partial charge in [0, 0.05) is 6.07 Å². The van der Waals surface area contributed by atoms with Crippen LogP contribution in [0, 0.1) is 4.91 Å². The summed E-state index contributed by atoms with van der Waals surface area (Å²) in [6, 6.07) is 6.40. The molecule has 1 aromatic heterocycles. The van der Waals surface area contributed by atoms with Gasteiger partial charge in [-0.15, -0.1) is 4.91 Å². The van der Waals surface area contributed by atoms with Crippen LogP contribution in [0.15, 0.2) is 35.6 Å². The predicted octanol–water partition coefficient (Wildman–Crippen LogP) is 1.58. The van der Waals surface area contributed by atoms with E-state index in [4.69, 9.17) is 0 Å². The summed E-state index contributed by atoms with van der Waals surface area (Å²) < 4.78 is 0. The number of phenolic OH excluding ortho intramolecular Hbond substituents is 1. The number of H-pyrrole nitrogens is 1. The maximum atomic E-state index is 10.4. The largest absolute Gasteiger partial charge is 0.870 e. The van der Waals surface area contributed by atoms with Crippen molar-refractivity contribution in [2.45, 2.75) is 0 Å². The van der Waals surface area contributed by atoms with Gasteiger partial charge in [0.1, 0.15) is 5.69 Å². The van der Waals surface area contributed by atoms with E-state index >= 15 is 0 Å². The van der Waals surface area contributed by atoms with Crippen LogP contribution < -0.4 is 4.98 Å². The molecular formula is C9H8N2O3. The average molecular weight is 192 g/mol. The van der Waals surface area contributed by atoms with Gasteiger partial charge in [0.2, 0.25) is 0 Å². The Hall–Kier alpha value is -2.01. The van der Waals surface area contributed by atoms with E-state index in [-0.39, 0.29) is 11.2 Å². The molecule has 2 aromatic rings. The minimum atomic E-state index is 0. The minimum Gasteiger partial charge on any atom is -0.870 e. The molecule has 0 spiro atoms. The van der Waals surface area contributed by atoms with Crippen molar-refractivity contribution in [1.82, 2.24) is 0 Å². The molecule has 0 atom stereocenters. The van der Waals surface area contributed by atoms with Crippen LogP contribution in [0.4, 0.5) is 5.69 Å². The molecular weight excluding hydrogens is 184 g/mol. The molecule has 0 unspecified atom stereocenters. The third kappa shape index (κ3) is 1.40. The van der Waals surface area contributed by atoms with E-state index in [0.717, 1.165) is 0 Å². The van der Waals surface area contributed by atoms with Crippen LogP contribution in [0.2, 0.25) is 0 Å². The second kappa shape index (κ2) is 3.80. The minimum absolute atomic E-state index is 0. The third-order valence-corrected chi connectivity index (χ3v) is 1.89. The average Bonchev–Trinajstić information content (AvgIpc) is 2.19. The topological polar surface area (TPSA) is 93.8 Å². The summed E-state index contributed by atoms with van der Waals surface area (Å²) in [5.74, 6) is 0.114. The van der Waals surface area contributed by atoms with Crippen molar-refractivity contribution >= 4 is 16.6 Å². The molecule has 3 N–H and O–H groups in total. The van der Waals surface area contributed by atoms with Gasteiger partial charge >= 0.3 is 0 Å². The number of pyridine rings is 1. The first-order valence-corrected chi connectivity index (χ1v) is 3.78. The number of nitroso groups, excluding NO2 is 1. The Kier molecular flexibility index (Phi) is 2.73. The predicted molar refractivity (Wildman–Crippen MR) is 49.6 cm³/mol. The highest BCUT2D eigenvalue weighted by atomic mass is 16.3. The first-order valence-electron chi connectivity index (χ1n) is 3.78. The first kappa shape index (κ1) is 10.1. The number of nitrogens with zero attached hydrogens (tertiary/aromatic N) is 1. The number of fused-ring (bicyclic) bond motifs is 1. The van der Waals surface area contributed by atoms with Crippen molar-refractivity contribution < 1.29 is 15.6 Å². The Morgan fingerprint density at radius 1 is 1.29 bits per heavy atom. The van der Waals surface area contributed by atoms with Crippen LogP contribution in [0.3, 0.4) is 0 Å². The summed E-state index contributed by atoms with van der Waals surface area (Å²) in [6.45, 7) is 0. The van der Waals surface area contributed by atoms with Crippen molar-refractivity contribution in [3.63, 3.8) is 0 Å². The first-order chi connectivity index (χ1) is 6.33. The van der Waals surface area contributed by atoms with Crippen LogP contribution >= 0.6 is 0 Å². The lowest BCUT2D eigenvalue weighted by molar-refractivity contribution is -0.345. The molecule has 0 aliphatic heterocycles. The lowest BCUT2D eigenvalue weighted by Gasteiger charge is -1.95. The fraction of sp³-hybridized carbons (Fsp3) is 0. The maximum Gasteiger partial charge on any atom is 0.255 e. The van der Waals surface area contributed by atoms with Gasteiger partial charge in [0.05, 0.1) is 5.39 Å². The molecule has 0 aliphatic carbocycles. The van der Waals surface area contributed by atoms with Crippen molar-refractivity contribution in [2.24, 2.45) is 5.18 Å². The highest BCUT2D eigenvalue weighted by Gasteiger charge is 2.09. The number of hydrogen-bond donors (Lipinski definition) is 1. The zero-order chi connectivity index (χ0) is 9.26. The van der Waals surface area contributed by atoms with E-state index in [0.29, 0.717) is 16.6 Å². The van der Waals surface area contributed by atoms with Crippen LogP contribution in [-0.4, -0.2) is 10.6 Å². The van der Waals surface area contributed by atoms with Gasteiger partial charge in [0.15, 0.2) is 11.9 Å². The Morgan fingerprint density at radius 2 is 2.07 bits per heavy atom. The number of aromatic amines is 1. The number of aromatic nitrogens is 1. The molecule has 0 fully saturated rings. The molecule has 5 nitrogen and oxygen atoms in total. The van der Waals surface area contributed by atoms with Crippen molar-refractivity contribution in [3.05, 3.63) is 35.4 Å². The van der Waals surface area contributed by atoms with Crippen LogP contribution in [-0.2, 0) is 0 Å². The molecule has 0 aliphatic rings. The van der Waals surface area contributed by atoms with Crippen LogP contribution in [0.1, 0.15) is 0 Å². The van der Waals surface area contributed by atoms with Gasteiger partial charge in [-0.1, -0.05) is 0 Å². The highest BCUT2D eigenvalue weighted by molar-refractivity contribution is 5.91. The van der Waals surface area contributed by atoms with Gasteiger partial charge in [-0.2, -0.15) is 0 Å². The zero-order valence-electron chi connectivity index (χ0n) is 7.14. The summed E-state index contributed by atoms with van der Waals surface area (Å²) in [5.41, 5.74) is 0.851. The number of aromatic hydroxyl groups is 1. The molecule has 14 heavy (non-hydrogen) atoms. The smallest absolute Gasteiger partial charge is 0.255 e. The fourth-order valence-corrected chi connectivity index (χ4v) is 1.27. The molecule has 5 heteroatoms. The van der Waals surface area contributed by atoms with Gasteiger partial charge < -0.3 is 10.6 Å². The summed E-state index contributed by atoms with van der Waals surface area (Å²) in [7, 11) is 0. The number of benzene rings is 1. The molecule has 2 rings (SSSR count). The summed E-state index contributed by atoms with van der Waals surface area (Å²) in [5, 5.41) is 12.9. The van der Waals surface area contributed by atoms with E-state index in [1.807, 2.05) is 0 Å². The van der Waals surface area contributed by atoms with E-state index in [1.165, 1.54) is 12.1 Å². The second-order valence-electron chi connectivity index (χ2n) is 2.65. The molecule has 0 bridgehead atoms. The van der Waals surface area contributed by atoms with Crippen molar-refractivity contribution in [1.29, 1.82) is 0 Å². The molecule has 1 heterocycles. The molecule has 72 valence electrons. The Labute approximate surface area is 79.3 Å². The Bertz CT molecular complexity index is 471. The second-order valence-corrected chi connectivity index (χ2v) is 2.65. The van der Waals surface area contributed by atoms with E-state index in [2.05, 4.69) is 10.2 Å². The fourth-order valence-electron chi connectivity index (χ4n) is 1.27. The maximum absolute atomic E-state index is 10.4. The van der Waals surface area contributed by atoms with Crippen molar-refractivity contribution in [3.8, 4) is 5.75 Å². The summed E-state index contributed by atoms with van der Waals surface area (Å²) in [4.78, 5) is 13.2. The van der Waals surface area contributed by atoms with E-state index in [9.17, 15) is 10.0 Å². The Balaban J connectivity index is 0.000000980. The Morgan fingerprint density at radius 3 is 2.79 bits per heavy atom. The zero-order valence-corrected chi connectivity index (χ0v) is 7.14. The van der Waals surface area contributed by atoms with Gasteiger partial charge in [-0.3, -0.25) is 0 Å². The lowest BCUT2D eigenvalue weighted by atomic mass is 10.2. The van der Waals surface area contributed by atoms with E-state index < -0.39 is 0 Å². The standard InChI is InChI=1S/C9H6N2O2.H2O/c12-8-4-3-7(11-13)6-2-1-5-10-9(6)8;/h1-5,12H;1H2. The molecule has 0 radical (unpaired) electrons. The van der Waals surface area contributed by atoms with Crippen molar-refractivity contribution in [2.75, 3.05) is 0 Å². The number of rotatable bonds is 1. The monoisotopic (exact) mass is 192 g/mol. The molecule has 0 saturated heterocycles. The SMILES string of the molecule is O=Nc1ccc(O)c2[nH+]cccc12.[OH-]. The quantitative estimate of drug-likeness (QED) is 0.695. The summed E-state index contributed by atoms with van der Waals surface area (Å²) in [6.07, 6.45) is 1.68. The van der Waals surface area contributed by atoms with Crippen LogP contribution in [0.5, 0.6) is 5.75 Å². The molecule has 0 amide bonds. The lowest BCUT2D eigenvalue weighted by Crippen LogP contribution is -2.01. The molecule has 0 saturated carbocycles. The number of hydrogen-bond acceptors (Lipinski definition) is 4. The van der Waals surface area contributed by atoms with Gasteiger partial charge in [-0.25, -0.2) is 4.98 Å². The van der Waals surface area contributed by atoms with Gasteiger partial charge in [-0.05, 0) is 23.4 Å². The van der Waals surface area contributed by atoms with Gasteiger partial charge in [0.25, 0.3) is 5.52 Å². The molecule has 1 aromatic carbocycles. The highest BCUT2D eigenvalue weighted by Crippen LogP contribution is 2.28. The normalized spacial score (nSPS) is 9.43. The number of phenols is 1. The third-order valence-electron chi connectivity index (χ3n) is 1.89. The van der Waals surface area contributed by atoms with Crippen LogP contribution in [0.25, 0.3) is 10.9 Å².